The second kappa shape index (κ2) is 12.2. The number of rotatable bonds is 7. The summed E-state index contributed by atoms with van der Waals surface area (Å²) in [5, 5.41) is 15.6. The Hall–Kier alpha value is -1.55. The van der Waals surface area contributed by atoms with Gasteiger partial charge in [-0.25, -0.2) is 0 Å². The first-order valence-electron chi connectivity index (χ1n) is 10.5. The maximum absolute atomic E-state index is 12.1. The molecular formula is C21H34IN5O2. The molecule has 1 unspecified atom stereocenters. The second-order valence-corrected chi connectivity index (χ2v) is 7.65. The normalized spacial score (nSPS) is 19.8. The highest BCUT2D eigenvalue weighted by Crippen LogP contribution is 2.20. The summed E-state index contributed by atoms with van der Waals surface area (Å²) < 4.78 is 0. The van der Waals surface area contributed by atoms with E-state index in [4.69, 9.17) is 4.99 Å². The van der Waals surface area contributed by atoms with Gasteiger partial charge in [0.1, 0.15) is 5.75 Å². The number of nitrogens with zero attached hydrogens (tertiary/aromatic N) is 3. The van der Waals surface area contributed by atoms with Gasteiger partial charge in [0.15, 0.2) is 5.96 Å². The van der Waals surface area contributed by atoms with E-state index >= 15 is 0 Å². The molecule has 162 valence electrons. The SMILES string of the molecule is CCNC(=NCCNC(=O)c1ccc(O)cc1)N1CCC(CN2CCCC2)C1.I. The van der Waals surface area contributed by atoms with Gasteiger partial charge in [0.2, 0.25) is 0 Å². The number of guanidine groups is 1. The smallest absolute Gasteiger partial charge is 0.251 e. The van der Waals surface area contributed by atoms with E-state index in [-0.39, 0.29) is 35.6 Å². The van der Waals surface area contributed by atoms with Crippen LogP contribution in [0, 0.1) is 5.92 Å². The van der Waals surface area contributed by atoms with Crippen LogP contribution < -0.4 is 10.6 Å². The lowest BCUT2D eigenvalue weighted by atomic mass is 10.1. The molecular weight excluding hydrogens is 481 g/mol. The zero-order valence-electron chi connectivity index (χ0n) is 17.3. The molecule has 2 aliphatic heterocycles. The number of carbonyl (C=O) groups excluding carboxylic acids is 1. The summed E-state index contributed by atoms with van der Waals surface area (Å²) in [5.41, 5.74) is 0.540. The molecule has 2 saturated heterocycles. The molecule has 8 heteroatoms. The third-order valence-electron chi connectivity index (χ3n) is 5.42. The van der Waals surface area contributed by atoms with Gasteiger partial charge in [0.05, 0.1) is 6.54 Å². The zero-order chi connectivity index (χ0) is 19.8. The third-order valence-corrected chi connectivity index (χ3v) is 5.42. The molecule has 3 N–H and O–H groups in total. The van der Waals surface area contributed by atoms with Crippen LogP contribution in [0.1, 0.15) is 36.5 Å². The van der Waals surface area contributed by atoms with Crippen molar-refractivity contribution >= 4 is 35.8 Å². The summed E-state index contributed by atoms with van der Waals surface area (Å²) in [6.07, 6.45) is 3.91. The first-order valence-corrected chi connectivity index (χ1v) is 10.5. The van der Waals surface area contributed by atoms with Gasteiger partial charge in [-0.3, -0.25) is 9.79 Å². The Morgan fingerprint density at radius 3 is 2.59 bits per heavy atom. The predicted molar refractivity (Wildman–Crippen MR) is 127 cm³/mol. The van der Waals surface area contributed by atoms with Crippen molar-refractivity contribution in [1.29, 1.82) is 0 Å². The lowest BCUT2D eigenvalue weighted by Crippen LogP contribution is -2.41. The second-order valence-electron chi connectivity index (χ2n) is 7.65. The van der Waals surface area contributed by atoms with Gasteiger partial charge in [-0.1, -0.05) is 0 Å². The minimum Gasteiger partial charge on any atom is -0.508 e. The van der Waals surface area contributed by atoms with Crippen molar-refractivity contribution in [3.05, 3.63) is 29.8 Å². The molecule has 1 aromatic rings. The Morgan fingerprint density at radius 2 is 1.90 bits per heavy atom. The van der Waals surface area contributed by atoms with Crippen molar-refractivity contribution in [2.45, 2.75) is 26.2 Å². The molecule has 2 fully saturated rings. The van der Waals surface area contributed by atoms with Gasteiger partial charge in [-0.05, 0) is 69.5 Å². The van der Waals surface area contributed by atoms with E-state index in [1.807, 2.05) is 0 Å². The highest BCUT2D eigenvalue weighted by Gasteiger charge is 2.27. The van der Waals surface area contributed by atoms with Crippen molar-refractivity contribution in [2.24, 2.45) is 10.9 Å². The standard InChI is InChI=1S/C21H33N5O2.HI/c1-2-22-21(26-14-9-17(16-26)15-25-12-3-4-13-25)24-11-10-23-20(28)18-5-7-19(27)8-6-18;/h5-8,17,27H,2-4,9-16H2,1H3,(H,22,24)(H,23,28);1H. The number of likely N-dealkylation sites (tertiary alicyclic amines) is 2. The van der Waals surface area contributed by atoms with E-state index in [9.17, 15) is 9.90 Å². The van der Waals surface area contributed by atoms with Crippen molar-refractivity contribution in [3.8, 4) is 5.75 Å². The van der Waals surface area contributed by atoms with Gasteiger partial charge < -0.3 is 25.5 Å². The average molecular weight is 515 g/mol. The highest BCUT2D eigenvalue weighted by molar-refractivity contribution is 14.0. The molecule has 7 nitrogen and oxygen atoms in total. The molecule has 0 saturated carbocycles. The van der Waals surface area contributed by atoms with Crippen LogP contribution in [0.4, 0.5) is 0 Å². The number of halogens is 1. The Balaban J connectivity index is 0.00000300. The number of aromatic hydroxyl groups is 1. The maximum atomic E-state index is 12.1. The summed E-state index contributed by atoms with van der Waals surface area (Å²) in [6.45, 7) is 9.77. The van der Waals surface area contributed by atoms with Gasteiger partial charge in [0.25, 0.3) is 5.91 Å². The van der Waals surface area contributed by atoms with Gasteiger partial charge >= 0.3 is 0 Å². The molecule has 0 spiro atoms. The molecule has 0 bridgehead atoms. The number of amides is 1. The Morgan fingerprint density at radius 1 is 1.17 bits per heavy atom. The van der Waals surface area contributed by atoms with E-state index < -0.39 is 0 Å². The van der Waals surface area contributed by atoms with Crippen LogP contribution in [0.2, 0.25) is 0 Å². The fourth-order valence-corrected chi connectivity index (χ4v) is 3.98. The largest absolute Gasteiger partial charge is 0.508 e. The van der Waals surface area contributed by atoms with Crippen molar-refractivity contribution in [2.75, 3.05) is 52.4 Å². The van der Waals surface area contributed by atoms with E-state index in [1.54, 1.807) is 12.1 Å². The zero-order valence-corrected chi connectivity index (χ0v) is 19.6. The van der Waals surface area contributed by atoms with E-state index in [0.717, 1.165) is 31.5 Å². The molecule has 1 amide bonds. The van der Waals surface area contributed by atoms with Crippen LogP contribution in [0.15, 0.2) is 29.3 Å². The molecule has 2 aliphatic rings. The van der Waals surface area contributed by atoms with E-state index in [2.05, 4.69) is 27.4 Å². The predicted octanol–water partition coefficient (Wildman–Crippen LogP) is 2.12. The number of nitrogens with one attached hydrogen (secondary N) is 2. The molecule has 0 aromatic heterocycles. The summed E-state index contributed by atoms with van der Waals surface area (Å²) in [6, 6.07) is 6.26. The third kappa shape index (κ3) is 7.33. The van der Waals surface area contributed by atoms with Gasteiger partial charge in [-0.15, -0.1) is 24.0 Å². The topological polar surface area (TPSA) is 80.2 Å². The molecule has 0 radical (unpaired) electrons. The van der Waals surface area contributed by atoms with Crippen LogP contribution in [0.25, 0.3) is 0 Å². The quantitative estimate of drug-likeness (QED) is 0.225. The number of phenols is 1. The first-order chi connectivity index (χ1) is 13.7. The summed E-state index contributed by atoms with van der Waals surface area (Å²) in [7, 11) is 0. The Kier molecular flexibility index (Phi) is 9.99. The lowest BCUT2D eigenvalue weighted by molar-refractivity contribution is 0.0955. The van der Waals surface area contributed by atoms with Crippen molar-refractivity contribution in [3.63, 3.8) is 0 Å². The molecule has 3 rings (SSSR count). The fourth-order valence-electron chi connectivity index (χ4n) is 3.98. The average Bonchev–Trinajstić information content (AvgIpc) is 3.37. The maximum Gasteiger partial charge on any atom is 0.251 e. The lowest BCUT2D eigenvalue weighted by Gasteiger charge is -2.23. The summed E-state index contributed by atoms with van der Waals surface area (Å²) >= 11 is 0. The van der Waals surface area contributed by atoms with E-state index in [0.29, 0.717) is 18.7 Å². The number of carbonyl (C=O) groups is 1. The summed E-state index contributed by atoms with van der Waals surface area (Å²) in [4.78, 5) is 21.8. The van der Waals surface area contributed by atoms with Crippen molar-refractivity contribution in [1.82, 2.24) is 20.4 Å². The monoisotopic (exact) mass is 515 g/mol. The van der Waals surface area contributed by atoms with Crippen LogP contribution in [0.3, 0.4) is 0 Å². The number of aliphatic imine (C=N–C) groups is 1. The molecule has 1 atom stereocenters. The molecule has 29 heavy (non-hydrogen) atoms. The van der Waals surface area contributed by atoms with Crippen LogP contribution in [0.5, 0.6) is 5.75 Å². The van der Waals surface area contributed by atoms with Crippen LogP contribution in [-0.2, 0) is 0 Å². The number of phenolic OH excluding ortho intramolecular Hbond substituents is 1. The van der Waals surface area contributed by atoms with Gasteiger partial charge in [-0.2, -0.15) is 0 Å². The van der Waals surface area contributed by atoms with Crippen LogP contribution in [-0.4, -0.2) is 79.1 Å². The molecule has 0 aliphatic carbocycles. The highest BCUT2D eigenvalue weighted by atomic mass is 127. The Labute approximate surface area is 191 Å². The number of hydrogen-bond donors (Lipinski definition) is 3. The fraction of sp³-hybridized carbons (Fsp3) is 0.619. The summed E-state index contributed by atoms with van der Waals surface area (Å²) in [5.74, 6) is 1.68. The van der Waals surface area contributed by atoms with Crippen LogP contribution >= 0.6 is 24.0 Å². The number of hydrogen-bond acceptors (Lipinski definition) is 4. The minimum absolute atomic E-state index is 0. The van der Waals surface area contributed by atoms with Crippen molar-refractivity contribution < 1.29 is 9.90 Å². The molecule has 1 aromatic carbocycles. The Bertz CT molecular complexity index is 662. The minimum atomic E-state index is -0.146. The molecule has 2 heterocycles. The number of benzene rings is 1. The first kappa shape index (κ1) is 23.7. The van der Waals surface area contributed by atoms with Gasteiger partial charge in [0, 0.05) is 38.3 Å². The van der Waals surface area contributed by atoms with E-state index in [1.165, 1.54) is 51.0 Å².